The fraction of sp³-hybridized carbons (Fsp3) is 0.263. The molecule has 1 N–H and O–H groups in total. The first-order valence-electron chi connectivity index (χ1n) is 7.90. The topological polar surface area (TPSA) is 64.6 Å². The first-order valence-corrected chi connectivity index (χ1v) is 8.28. The molecule has 6 heteroatoms. The van der Waals surface area contributed by atoms with Gasteiger partial charge in [-0.3, -0.25) is 4.79 Å². The van der Waals surface area contributed by atoms with E-state index in [0.29, 0.717) is 17.2 Å². The third-order valence-corrected chi connectivity index (χ3v) is 3.80. The fourth-order valence-corrected chi connectivity index (χ4v) is 2.55. The zero-order chi connectivity index (χ0) is 18.2. The lowest BCUT2D eigenvalue weighted by Gasteiger charge is -2.18. The number of amides is 1. The molecule has 0 aromatic heterocycles. The van der Waals surface area contributed by atoms with Crippen molar-refractivity contribution in [2.45, 2.75) is 19.4 Å². The van der Waals surface area contributed by atoms with Gasteiger partial charge in [0, 0.05) is 11.4 Å². The summed E-state index contributed by atoms with van der Waals surface area (Å²) < 4.78 is 10.3. The summed E-state index contributed by atoms with van der Waals surface area (Å²) in [5.41, 5.74) is 1.18. The molecule has 5 nitrogen and oxygen atoms in total. The van der Waals surface area contributed by atoms with Crippen LogP contribution < -0.4 is 10.1 Å². The van der Waals surface area contributed by atoms with Crippen molar-refractivity contribution < 1.29 is 19.1 Å². The average molecular weight is 362 g/mol. The number of hydrogen-bond donors (Lipinski definition) is 1. The summed E-state index contributed by atoms with van der Waals surface area (Å²) >= 11 is 5.97. The van der Waals surface area contributed by atoms with Crippen molar-refractivity contribution in [3.8, 4) is 5.75 Å². The van der Waals surface area contributed by atoms with Gasteiger partial charge in [0.25, 0.3) is 5.91 Å². The van der Waals surface area contributed by atoms with Gasteiger partial charge in [-0.15, -0.1) is 0 Å². The van der Waals surface area contributed by atoms with Gasteiger partial charge in [-0.25, -0.2) is 4.79 Å². The van der Waals surface area contributed by atoms with Gasteiger partial charge in [0.05, 0.1) is 19.3 Å². The SMILES string of the molecule is CCOC(=O)[C@@H](Cc1ccccc1)NC(=O)c1cc(Cl)ccc1OC. The molecule has 0 aliphatic heterocycles. The minimum absolute atomic E-state index is 0.237. The number of halogens is 1. The number of carbonyl (C=O) groups excluding carboxylic acids is 2. The van der Waals surface area contributed by atoms with Gasteiger partial charge in [0.15, 0.2) is 0 Å². The van der Waals surface area contributed by atoms with Gasteiger partial charge in [-0.1, -0.05) is 41.9 Å². The monoisotopic (exact) mass is 361 g/mol. The van der Waals surface area contributed by atoms with Crippen molar-refractivity contribution in [1.82, 2.24) is 5.32 Å². The summed E-state index contributed by atoms with van der Waals surface area (Å²) in [4.78, 5) is 24.9. The lowest BCUT2D eigenvalue weighted by atomic mass is 10.1. The Bertz CT molecular complexity index is 733. The van der Waals surface area contributed by atoms with E-state index in [1.807, 2.05) is 30.3 Å². The second kappa shape index (κ2) is 9.08. The van der Waals surface area contributed by atoms with Crippen LogP contribution in [-0.4, -0.2) is 31.6 Å². The number of esters is 1. The summed E-state index contributed by atoms with van der Waals surface area (Å²) in [6.07, 6.45) is 0.328. The first kappa shape index (κ1) is 18.8. The van der Waals surface area contributed by atoms with Crippen molar-refractivity contribution in [2.75, 3.05) is 13.7 Å². The van der Waals surface area contributed by atoms with Gasteiger partial charge >= 0.3 is 5.97 Å². The highest BCUT2D eigenvalue weighted by Gasteiger charge is 2.24. The number of hydrogen-bond acceptors (Lipinski definition) is 4. The summed E-state index contributed by atoms with van der Waals surface area (Å²) in [5.74, 6) is -0.557. The maximum Gasteiger partial charge on any atom is 0.328 e. The van der Waals surface area contributed by atoms with Crippen LogP contribution in [0.4, 0.5) is 0 Å². The summed E-state index contributed by atoms with van der Waals surface area (Å²) in [5, 5.41) is 3.12. The Morgan fingerprint density at radius 2 is 1.88 bits per heavy atom. The molecule has 0 bridgehead atoms. The lowest BCUT2D eigenvalue weighted by molar-refractivity contribution is -0.145. The Labute approximate surface area is 151 Å². The molecule has 0 radical (unpaired) electrons. The second-order valence-electron chi connectivity index (χ2n) is 5.31. The van der Waals surface area contributed by atoms with Crippen LogP contribution in [0.3, 0.4) is 0 Å². The Morgan fingerprint density at radius 3 is 2.52 bits per heavy atom. The Morgan fingerprint density at radius 1 is 1.16 bits per heavy atom. The molecule has 0 saturated heterocycles. The highest BCUT2D eigenvalue weighted by Crippen LogP contribution is 2.22. The number of methoxy groups -OCH3 is 1. The Kier molecular flexibility index (Phi) is 6.83. The van der Waals surface area contributed by atoms with E-state index in [2.05, 4.69) is 5.32 Å². The molecule has 1 atom stereocenters. The molecule has 0 unspecified atom stereocenters. The summed E-state index contributed by atoms with van der Waals surface area (Å²) in [6.45, 7) is 1.96. The molecule has 0 saturated carbocycles. The van der Waals surface area contributed by atoms with Gasteiger partial charge in [0.1, 0.15) is 11.8 Å². The Balaban J connectivity index is 2.22. The van der Waals surface area contributed by atoms with Crippen LogP contribution in [0.15, 0.2) is 48.5 Å². The van der Waals surface area contributed by atoms with Gasteiger partial charge < -0.3 is 14.8 Å². The smallest absolute Gasteiger partial charge is 0.328 e. The number of rotatable bonds is 7. The van der Waals surface area contributed by atoms with Crippen molar-refractivity contribution >= 4 is 23.5 Å². The van der Waals surface area contributed by atoms with Crippen LogP contribution in [-0.2, 0) is 16.0 Å². The molecule has 0 heterocycles. The summed E-state index contributed by atoms with van der Waals surface area (Å²) in [6, 6.07) is 13.3. The maximum atomic E-state index is 12.6. The predicted molar refractivity (Wildman–Crippen MR) is 96.0 cm³/mol. The molecule has 0 aliphatic carbocycles. The number of nitrogens with one attached hydrogen (secondary N) is 1. The number of ether oxygens (including phenoxy) is 2. The third-order valence-electron chi connectivity index (χ3n) is 3.57. The minimum atomic E-state index is -0.807. The Hall–Kier alpha value is -2.53. The molecule has 2 aromatic carbocycles. The van der Waals surface area contributed by atoms with E-state index in [-0.39, 0.29) is 12.2 Å². The standard InChI is InChI=1S/C19H20ClNO4/c1-3-25-19(23)16(11-13-7-5-4-6-8-13)21-18(22)15-12-14(20)9-10-17(15)24-2/h4-10,12,16H,3,11H2,1-2H3,(H,21,22)/t16-/m1/s1. The molecule has 0 aliphatic rings. The van der Waals surface area contributed by atoms with E-state index >= 15 is 0 Å². The van der Waals surface area contributed by atoms with Crippen LogP contribution in [0, 0.1) is 0 Å². The summed E-state index contributed by atoms with van der Waals surface area (Å²) in [7, 11) is 1.47. The molecule has 0 fully saturated rings. The molecule has 25 heavy (non-hydrogen) atoms. The maximum absolute atomic E-state index is 12.6. The van der Waals surface area contributed by atoms with Crippen LogP contribution >= 0.6 is 11.6 Å². The van der Waals surface area contributed by atoms with E-state index in [4.69, 9.17) is 21.1 Å². The molecule has 2 rings (SSSR count). The van der Waals surface area contributed by atoms with Crippen LogP contribution in [0.1, 0.15) is 22.8 Å². The zero-order valence-electron chi connectivity index (χ0n) is 14.1. The highest BCUT2D eigenvalue weighted by atomic mass is 35.5. The van der Waals surface area contributed by atoms with Gasteiger partial charge in [-0.2, -0.15) is 0 Å². The average Bonchev–Trinajstić information content (AvgIpc) is 2.62. The quantitative estimate of drug-likeness (QED) is 0.769. The highest BCUT2D eigenvalue weighted by molar-refractivity contribution is 6.31. The van der Waals surface area contributed by atoms with Crippen LogP contribution in [0.2, 0.25) is 5.02 Å². The van der Waals surface area contributed by atoms with Crippen molar-refractivity contribution in [3.05, 3.63) is 64.7 Å². The van der Waals surface area contributed by atoms with Crippen molar-refractivity contribution in [1.29, 1.82) is 0 Å². The van der Waals surface area contributed by atoms with Crippen molar-refractivity contribution in [2.24, 2.45) is 0 Å². The number of benzene rings is 2. The minimum Gasteiger partial charge on any atom is -0.496 e. The number of carbonyl (C=O) groups is 2. The van der Waals surface area contributed by atoms with E-state index < -0.39 is 17.9 Å². The molecular formula is C19H20ClNO4. The lowest BCUT2D eigenvalue weighted by Crippen LogP contribution is -2.43. The normalized spacial score (nSPS) is 11.5. The third kappa shape index (κ3) is 5.22. The first-order chi connectivity index (χ1) is 12.0. The van der Waals surface area contributed by atoms with E-state index in [1.54, 1.807) is 19.1 Å². The van der Waals surface area contributed by atoms with E-state index in [1.165, 1.54) is 13.2 Å². The zero-order valence-corrected chi connectivity index (χ0v) is 14.9. The molecule has 1 amide bonds. The molecule has 132 valence electrons. The van der Waals surface area contributed by atoms with E-state index in [0.717, 1.165) is 5.56 Å². The molecule has 0 spiro atoms. The molecule has 2 aromatic rings. The van der Waals surface area contributed by atoms with Crippen LogP contribution in [0.5, 0.6) is 5.75 Å². The van der Waals surface area contributed by atoms with Crippen molar-refractivity contribution in [3.63, 3.8) is 0 Å². The van der Waals surface area contributed by atoms with Gasteiger partial charge in [0.2, 0.25) is 0 Å². The van der Waals surface area contributed by atoms with E-state index in [9.17, 15) is 9.59 Å². The van der Waals surface area contributed by atoms with Crippen LogP contribution in [0.25, 0.3) is 0 Å². The fourth-order valence-electron chi connectivity index (χ4n) is 2.38. The second-order valence-corrected chi connectivity index (χ2v) is 5.75. The largest absolute Gasteiger partial charge is 0.496 e. The predicted octanol–water partition coefficient (Wildman–Crippen LogP) is 3.25. The molecular weight excluding hydrogens is 342 g/mol. The van der Waals surface area contributed by atoms with Gasteiger partial charge in [-0.05, 0) is 30.7 Å².